The van der Waals surface area contributed by atoms with Gasteiger partial charge in [0.15, 0.2) is 5.69 Å². The van der Waals surface area contributed by atoms with E-state index in [2.05, 4.69) is 21.0 Å². The molecule has 1 aromatic carbocycles. The first-order chi connectivity index (χ1) is 9.95. The molecule has 0 amide bonds. The first kappa shape index (κ1) is 15.5. The van der Waals surface area contributed by atoms with Crippen LogP contribution in [0.15, 0.2) is 22.7 Å². The summed E-state index contributed by atoms with van der Waals surface area (Å²) in [5.41, 5.74) is 7.61. The molecule has 21 heavy (non-hydrogen) atoms. The standard InChI is InChI=1S/C14H15BrFN3O2/c1-3-10-12(17)13(19(2)18-10)14(20)21-7-8-5-4-6-9(16)11(8)15/h4-6H,3,7,17H2,1-2H3. The van der Waals surface area contributed by atoms with Gasteiger partial charge in [0.1, 0.15) is 12.4 Å². The van der Waals surface area contributed by atoms with E-state index < -0.39 is 11.8 Å². The van der Waals surface area contributed by atoms with Crippen molar-refractivity contribution in [1.82, 2.24) is 9.78 Å². The monoisotopic (exact) mass is 355 g/mol. The van der Waals surface area contributed by atoms with Crippen LogP contribution < -0.4 is 5.73 Å². The molecule has 2 N–H and O–H groups in total. The first-order valence-corrected chi connectivity index (χ1v) is 7.16. The molecule has 0 bridgehead atoms. The number of ether oxygens (including phenoxy) is 1. The van der Waals surface area contributed by atoms with Gasteiger partial charge in [-0.05, 0) is 28.4 Å². The topological polar surface area (TPSA) is 70.1 Å². The van der Waals surface area contributed by atoms with E-state index in [4.69, 9.17) is 10.5 Å². The zero-order chi connectivity index (χ0) is 15.6. The minimum Gasteiger partial charge on any atom is -0.456 e. The number of carbonyl (C=O) groups excluding carboxylic acids is 1. The summed E-state index contributed by atoms with van der Waals surface area (Å²) < 4.78 is 20.3. The van der Waals surface area contributed by atoms with Crippen molar-refractivity contribution < 1.29 is 13.9 Å². The van der Waals surface area contributed by atoms with E-state index in [9.17, 15) is 9.18 Å². The number of aryl methyl sites for hydroxylation is 2. The number of nitrogen functional groups attached to an aromatic ring is 1. The number of esters is 1. The highest BCUT2D eigenvalue weighted by Gasteiger charge is 2.20. The van der Waals surface area contributed by atoms with Gasteiger partial charge in [-0.15, -0.1) is 0 Å². The van der Waals surface area contributed by atoms with Crippen LogP contribution in [0, 0.1) is 5.82 Å². The minimum atomic E-state index is -0.585. The van der Waals surface area contributed by atoms with Crippen LogP contribution in [0.2, 0.25) is 0 Å². The van der Waals surface area contributed by atoms with Gasteiger partial charge in [-0.3, -0.25) is 4.68 Å². The van der Waals surface area contributed by atoms with Gasteiger partial charge in [0.05, 0.1) is 15.9 Å². The Bertz CT molecular complexity index is 685. The van der Waals surface area contributed by atoms with Crippen LogP contribution in [0.5, 0.6) is 0 Å². The van der Waals surface area contributed by atoms with Gasteiger partial charge in [0.2, 0.25) is 0 Å². The summed E-state index contributed by atoms with van der Waals surface area (Å²) in [5.74, 6) is -0.991. The Kier molecular flexibility index (Phi) is 4.62. The van der Waals surface area contributed by atoms with Crippen molar-refractivity contribution in [3.05, 3.63) is 45.4 Å². The Morgan fingerprint density at radius 3 is 2.86 bits per heavy atom. The Labute approximate surface area is 130 Å². The van der Waals surface area contributed by atoms with Crippen molar-refractivity contribution in [2.45, 2.75) is 20.0 Å². The summed E-state index contributed by atoms with van der Waals surface area (Å²) in [4.78, 5) is 12.1. The average molecular weight is 356 g/mol. The molecule has 7 heteroatoms. The van der Waals surface area contributed by atoms with Crippen LogP contribution in [0.1, 0.15) is 28.7 Å². The van der Waals surface area contributed by atoms with E-state index in [1.165, 1.54) is 10.7 Å². The molecule has 1 heterocycles. The fourth-order valence-corrected chi connectivity index (χ4v) is 2.35. The highest BCUT2D eigenvalue weighted by molar-refractivity contribution is 9.10. The summed E-state index contributed by atoms with van der Waals surface area (Å²) in [7, 11) is 1.63. The predicted molar refractivity (Wildman–Crippen MR) is 80.2 cm³/mol. The summed E-state index contributed by atoms with van der Waals surface area (Å²) in [6.07, 6.45) is 0.627. The SMILES string of the molecule is CCc1nn(C)c(C(=O)OCc2cccc(F)c2Br)c1N. The highest BCUT2D eigenvalue weighted by atomic mass is 79.9. The van der Waals surface area contributed by atoms with E-state index in [0.29, 0.717) is 23.4 Å². The third-order valence-corrected chi connectivity index (χ3v) is 3.97. The molecular weight excluding hydrogens is 341 g/mol. The zero-order valence-corrected chi connectivity index (χ0v) is 13.3. The van der Waals surface area contributed by atoms with Crippen molar-refractivity contribution in [2.75, 3.05) is 5.73 Å². The molecule has 0 unspecified atom stereocenters. The molecule has 0 aliphatic carbocycles. The molecule has 0 spiro atoms. The molecule has 0 aliphatic rings. The number of carbonyl (C=O) groups is 1. The lowest BCUT2D eigenvalue weighted by Crippen LogP contribution is -2.13. The number of hydrogen-bond donors (Lipinski definition) is 1. The molecule has 0 aliphatic heterocycles. The summed E-state index contributed by atoms with van der Waals surface area (Å²) in [6, 6.07) is 4.55. The minimum absolute atomic E-state index is 0.0523. The second kappa shape index (κ2) is 6.26. The first-order valence-electron chi connectivity index (χ1n) is 6.37. The normalized spacial score (nSPS) is 10.7. The number of hydrogen-bond acceptors (Lipinski definition) is 4. The van der Waals surface area contributed by atoms with E-state index in [1.807, 2.05) is 6.92 Å². The molecule has 112 valence electrons. The van der Waals surface area contributed by atoms with Crippen LogP contribution in [0.4, 0.5) is 10.1 Å². The van der Waals surface area contributed by atoms with Crippen LogP contribution in [0.3, 0.4) is 0 Å². The van der Waals surface area contributed by atoms with Crippen molar-refractivity contribution in [3.8, 4) is 0 Å². The van der Waals surface area contributed by atoms with E-state index in [0.717, 1.165) is 0 Å². The second-order valence-corrected chi connectivity index (χ2v) is 5.27. The molecule has 0 atom stereocenters. The second-order valence-electron chi connectivity index (χ2n) is 4.48. The molecule has 2 aromatic rings. The van der Waals surface area contributed by atoms with Crippen LogP contribution >= 0.6 is 15.9 Å². The van der Waals surface area contributed by atoms with E-state index >= 15 is 0 Å². The van der Waals surface area contributed by atoms with Crippen molar-refractivity contribution in [3.63, 3.8) is 0 Å². The predicted octanol–water partition coefficient (Wildman–Crippen LogP) is 2.82. The fraction of sp³-hybridized carbons (Fsp3) is 0.286. The van der Waals surface area contributed by atoms with Crippen molar-refractivity contribution in [2.24, 2.45) is 7.05 Å². The maximum Gasteiger partial charge on any atom is 0.359 e. The third-order valence-electron chi connectivity index (χ3n) is 3.08. The van der Waals surface area contributed by atoms with Gasteiger partial charge in [0, 0.05) is 12.6 Å². The molecule has 1 aromatic heterocycles. The number of halogens is 2. The smallest absolute Gasteiger partial charge is 0.359 e. The molecule has 0 saturated heterocycles. The fourth-order valence-electron chi connectivity index (χ4n) is 1.97. The van der Waals surface area contributed by atoms with Gasteiger partial charge in [0.25, 0.3) is 0 Å². The lowest BCUT2D eigenvalue weighted by Gasteiger charge is -2.08. The molecule has 5 nitrogen and oxygen atoms in total. The Balaban J connectivity index is 2.16. The number of rotatable bonds is 4. The quantitative estimate of drug-likeness (QED) is 0.856. The number of anilines is 1. The summed E-state index contributed by atoms with van der Waals surface area (Å²) >= 11 is 3.12. The molecular formula is C14H15BrFN3O2. The number of benzene rings is 1. The van der Waals surface area contributed by atoms with Crippen molar-refractivity contribution >= 4 is 27.6 Å². The van der Waals surface area contributed by atoms with Gasteiger partial charge < -0.3 is 10.5 Å². The average Bonchev–Trinajstić information content (AvgIpc) is 2.74. The van der Waals surface area contributed by atoms with Gasteiger partial charge >= 0.3 is 5.97 Å². The Morgan fingerprint density at radius 2 is 2.24 bits per heavy atom. The molecule has 0 fully saturated rings. The van der Waals surface area contributed by atoms with Crippen LogP contribution in [0.25, 0.3) is 0 Å². The van der Waals surface area contributed by atoms with Gasteiger partial charge in [-0.2, -0.15) is 5.10 Å². The zero-order valence-electron chi connectivity index (χ0n) is 11.7. The maximum absolute atomic E-state index is 13.4. The highest BCUT2D eigenvalue weighted by Crippen LogP contribution is 2.22. The number of nitrogens with zero attached hydrogens (tertiary/aromatic N) is 2. The molecule has 0 radical (unpaired) electrons. The molecule has 0 saturated carbocycles. The van der Waals surface area contributed by atoms with Gasteiger partial charge in [-0.25, -0.2) is 9.18 Å². The number of aromatic nitrogens is 2. The van der Waals surface area contributed by atoms with Gasteiger partial charge in [-0.1, -0.05) is 19.1 Å². The van der Waals surface area contributed by atoms with Crippen LogP contribution in [-0.2, 0) is 24.8 Å². The summed E-state index contributed by atoms with van der Waals surface area (Å²) in [6.45, 7) is 1.85. The Hall–Kier alpha value is -1.89. The van der Waals surface area contributed by atoms with Crippen molar-refractivity contribution in [1.29, 1.82) is 0 Å². The number of nitrogens with two attached hydrogens (primary N) is 1. The lowest BCUT2D eigenvalue weighted by atomic mass is 10.2. The van der Waals surface area contributed by atoms with Crippen LogP contribution in [-0.4, -0.2) is 15.7 Å². The maximum atomic E-state index is 13.4. The summed E-state index contributed by atoms with van der Waals surface area (Å²) in [5, 5.41) is 4.16. The Morgan fingerprint density at radius 1 is 1.52 bits per heavy atom. The largest absolute Gasteiger partial charge is 0.456 e. The lowest BCUT2D eigenvalue weighted by molar-refractivity contribution is 0.0460. The molecule has 2 rings (SSSR count). The third kappa shape index (κ3) is 3.07. The van der Waals surface area contributed by atoms with E-state index in [-0.39, 0.29) is 16.8 Å². The van der Waals surface area contributed by atoms with E-state index in [1.54, 1.807) is 19.2 Å².